The molecule has 0 fully saturated rings. The highest BCUT2D eigenvalue weighted by molar-refractivity contribution is 5.96. The van der Waals surface area contributed by atoms with E-state index in [2.05, 4.69) is 34.9 Å². The molecule has 2 aromatic rings. The highest BCUT2D eigenvalue weighted by atomic mass is 16.2. The summed E-state index contributed by atoms with van der Waals surface area (Å²) in [6, 6.07) is 17.1. The van der Waals surface area contributed by atoms with Gasteiger partial charge in [0.05, 0.1) is 6.54 Å². The molecule has 2 rings (SSSR count). The standard InChI is InChI=1S/C18H20N2O2/c1-14-7-9-15(10-8-14)11-12-19-17(21)13-20-18(22)16-5-3-2-4-6-16/h2-10H,11-13H2,1H3,(H,19,21)(H,20,22). The van der Waals surface area contributed by atoms with E-state index in [0.717, 1.165) is 6.42 Å². The van der Waals surface area contributed by atoms with E-state index in [1.54, 1.807) is 24.3 Å². The molecule has 0 atom stereocenters. The van der Waals surface area contributed by atoms with Crippen molar-refractivity contribution in [1.82, 2.24) is 10.6 Å². The second-order valence-electron chi connectivity index (χ2n) is 5.13. The first kappa shape index (κ1) is 15.8. The van der Waals surface area contributed by atoms with Gasteiger partial charge < -0.3 is 10.6 Å². The predicted molar refractivity (Wildman–Crippen MR) is 86.7 cm³/mol. The topological polar surface area (TPSA) is 58.2 Å². The summed E-state index contributed by atoms with van der Waals surface area (Å²) < 4.78 is 0. The lowest BCUT2D eigenvalue weighted by atomic mass is 10.1. The average Bonchev–Trinajstić information content (AvgIpc) is 2.55. The number of amides is 2. The molecule has 22 heavy (non-hydrogen) atoms. The van der Waals surface area contributed by atoms with Gasteiger partial charge in [0.15, 0.2) is 0 Å². The molecule has 0 aliphatic heterocycles. The quantitative estimate of drug-likeness (QED) is 0.857. The minimum atomic E-state index is -0.241. The lowest BCUT2D eigenvalue weighted by molar-refractivity contribution is -0.120. The predicted octanol–water partition coefficient (Wildman–Crippen LogP) is 2.08. The van der Waals surface area contributed by atoms with Gasteiger partial charge in [-0.25, -0.2) is 0 Å². The lowest BCUT2D eigenvalue weighted by Crippen LogP contribution is -2.37. The third kappa shape index (κ3) is 5.05. The number of hydrogen-bond acceptors (Lipinski definition) is 2. The summed E-state index contributed by atoms with van der Waals surface area (Å²) in [7, 11) is 0. The Morgan fingerprint density at radius 1 is 0.909 bits per heavy atom. The van der Waals surface area contributed by atoms with Gasteiger partial charge in [-0.1, -0.05) is 48.0 Å². The number of benzene rings is 2. The third-order valence-corrected chi connectivity index (χ3v) is 3.30. The molecule has 2 aromatic carbocycles. The number of rotatable bonds is 6. The van der Waals surface area contributed by atoms with Crippen LogP contribution in [0.2, 0.25) is 0 Å². The molecule has 0 aliphatic carbocycles. The Labute approximate surface area is 130 Å². The summed E-state index contributed by atoms with van der Waals surface area (Å²) in [5, 5.41) is 5.40. The van der Waals surface area contributed by atoms with Crippen molar-refractivity contribution in [2.75, 3.05) is 13.1 Å². The van der Waals surface area contributed by atoms with E-state index >= 15 is 0 Å². The van der Waals surface area contributed by atoms with E-state index in [4.69, 9.17) is 0 Å². The van der Waals surface area contributed by atoms with Crippen LogP contribution in [0.4, 0.5) is 0 Å². The maximum absolute atomic E-state index is 11.8. The van der Waals surface area contributed by atoms with E-state index in [9.17, 15) is 9.59 Å². The van der Waals surface area contributed by atoms with Crippen LogP contribution in [0.3, 0.4) is 0 Å². The van der Waals surface area contributed by atoms with Gasteiger partial charge in [0, 0.05) is 12.1 Å². The molecule has 2 amide bonds. The molecule has 2 N–H and O–H groups in total. The van der Waals surface area contributed by atoms with Crippen LogP contribution in [-0.4, -0.2) is 24.9 Å². The Morgan fingerprint density at radius 2 is 1.59 bits per heavy atom. The first-order chi connectivity index (χ1) is 10.6. The van der Waals surface area contributed by atoms with Crippen molar-refractivity contribution in [3.05, 3.63) is 71.3 Å². The van der Waals surface area contributed by atoms with Crippen molar-refractivity contribution in [3.8, 4) is 0 Å². The van der Waals surface area contributed by atoms with Gasteiger partial charge in [-0.05, 0) is 31.0 Å². The SMILES string of the molecule is Cc1ccc(CCNC(=O)CNC(=O)c2ccccc2)cc1. The second kappa shape index (κ2) is 7.98. The maximum atomic E-state index is 11.8. The molecule has 0 aromatic heterocycles. The fraction of sp³-hybridized carbons (Fsp3) is 0.222. The van der Waals surface area contributed by atoms with Gasteiger partial charge in [0.25, 0.3) is 5.91 Å². The fourth-order valence-electron chi connectivity index (χ4n) is 2.02. The Hall–Kier alpha value is -2.62. The summed E-state index contributed by atoms with van der Waals surface area (Å²) in [5.41, 5.74) is 2.95. The summed E-state index contributed by atoms with van der Waals surface area (Å²) in [6.07, 6.45) is 0.776. The summed E-state index contributed by atoms with van der Waals surface area (Å²) in [5.74, 6) is -0.425. The summed E-state index contributed by atoms with van der Waals surface area (Å²) >= 11 is 0. The number of hydrogen-bond donors (Lipinski definition) is 2. The molecule has 0 bridgehead atoms. The highest BCUT2D eigenvalue weighted by Crippen LogP contribution is 2.03. The van der Waals surface area contributed by atoms with Gasteiger partial charge >= 0.3 is 0 Å². The monoisotopic (exact) mass is 296 g/mol. The van der Waals surface area contributed by atoms with Crippen molar-refractivity contribution < 1.29 is 9.59 Å². The zero-order valence-corrected chi connectivity index (χ0v) is 12.6. The van der Waals surface area contributed by atoms with Gasteiger partial charge in [-0.2, -0.15) is 0 Å². The van der Waals surface area contributed by atoms with Crippen molar-refractivity contribution in [2.45, 2.75) is 13.3 Å². The number of nitrogens with one attached hydrogen (secondary N) is 2. The first-order valence-electron chi connectivity index (χ1n) is 7.30. The van der Waals surface area contributed by atoms with Crippen LogP contribution < -0.4 is 10.6 Å². The molecule has 0 saturated carbocycles. The van der Waals surface area contributed by atoms with Crippen molar-refractivity contribution >= 4 is 11.8 Å². The molecular weight excluding hydrogens is 276 g/mol. The van der Waals surface area contributed by atoms with E-state index in [1.807, 2.05) is 13.0 Å². The molecule has 114 valence electrons. The van der Waals surface area contributed by atoms with Gasteiger partial charge in [0.2, 0.25) is 5.91 Å². The van der Waals surface area contributed by atoms with E-state index < -0.39 is 0 Å². The van der Waals surface area contributed by atoms with Crippen LogP contribution in [0, 0.1) is 6.92 Å². The van der Waals surface area contributed by atoms with Crippen LogP contribution in [0.25, 0.3) is 0 Å². The smallest absolute Gasteiger partial charge is 0.251 e. The largest absolute Gasteiger partial charge is 0.354 e. The van der Waals surface area contributed by atoms with Crippen molar-refractivity contribution in [1.29, 1.82) is 0 Å². The zero-order valence-electron chi connectivity index (χ0n) is 12.6. The summed E-state index contributed by atoms with van der Waals surface area (Å²) in [4.78, 5) is 23.5. The fourth-order valence-corrected chi connectivity index (χ4v) is 2.02. The molecule has 0 saturated heterocycles. The normalized spacial score (nSPS) is 10.0. The molecule has 4 nitrogen and oxygen atoms in total. The van der Waals surface area contributed by atoms with Gasteiger partial charge in [-0.3, -0.25) is 9.59 Å². The Balaban J connectivity index is 1.68. The number of aryl methyl sites for hydroxylation is 1. The van der Waals surface area contributed by atoms with Crippen molar-refractivity contribution in [2.24, 2.45) is 0 Å². The van der Waals surface area contributed by atoms with E-state index in [0.29, 0.717) is 12.1 Å². The van der Waals surface area contributed by atoms with Crippen LogP contribution in [0.5, 0.6) is 0 Å². The van der Waals surface area contributed by atoms with E-state index in [1.165, 1.54) is 11.1 Å². The minimum Gasteiger partial charge on any atom is -0.354 e. The molecule has 0 radical (unpaired) electrons. The second-order valence-corrected chi connectivity index (χ2v) is 5.13. The van der Waals surface area contributed by atoms with Crippen LogP contribution in [-0.2, 0) is 11.2 Å². The maximum Gasteiger partial charge on any atom is 0.251 e. The third-order valence-electron chi connectivity index (χ3n) is 3.30. The Morgan fingerprint density at radius 3 is 2.27 bits per heavy atom. The Kier molecular flexibility index (Phi) is 5.72. The molecule has 4 heteroatoms. The highest BCUT2D eigenvalue weighted by Gasteiger charge is 2.06. The first-order valence-corrected chi connectivity index (χ1v) is 7.30. The van der Waals surface area contributed by atoms with Crippen molar-refractivity contribution in [3.63, 3.8) is 0 Å². The molecule has 0 heterocycles. The average molecular weight is 296 g/mol. The summed E-state index contributed by atoms with van der Waals surface area (Å²) in [6.45, 7) is 2.59. The Bertz CT molecular complexity index is 621. The van der Waals surface area contributed by atoms with Crippen LogP contribution >= 0.6 is 0 Å². The van der Waals surface area contributed by atoms with Crippen LogP contribution in [0.1, 0.15) is 21.5 Å². The van der Waals surface area contributed by atoms with Gasteiger partial charge in [0.1, 0.15) is 0 Å². The lowest BCUT2D eigenvalue weighted by Gasteiger charge is -2.07. The molecule has 0 unspecified atom stereocenters. The number of carbonyl (C=O) groups excluding carboxylic acids is 2. The number of carbonyl (C=O) groups is 2. The zero-order chi connectivity index (χ0) is 15.8. The minimum absolute atomic E-state index is 0.0123. The molecule has 0 aliphatic rings. The van der Waals surface area contributed by atoms with Crippen LogP contribution in [0.15, 0.2) is 54.6 Å². The molecular formula is C18H20N2O2. The molecule has 0 spiro atoms. The van der Waals surface area contributed by atoms with Gasteiger partial charge in [-0.15, -0.1) is 0 Å². The van der Waals surface area contributed by atoms with E-state index in [-0.39, 0.29) is 18.4 Å².